The summed E-state index contributed by atoms with van der Waals surface area (Å²) in [5.41, 5.74) is 1.43. The molecule has 0 aliphatic carbocycles. The number of hydrogen-bond acceptors (Lipinski definition) is 2. The standard InChI is InChI=1S/C18H23NS/c1-3-19-17(18(2)11-6-12-20-18)16-10-9-14-7-4-5-8-15(14)13-16/h4-5,7-10,13,17,19H,3,6,11-12H2,1-2H3. The third-order valence-electron chi connectivity index (χ3n) is 4.38. The van der Waals surface area contributed by atoms with Crippen molar-refractivity contribution in [3.63, 3.8) is 0 Å². The van der Waals surface area contributed by atoms with Gasteiger partial charge in [-0.25, -0.2) is 0 Å². The molecule has 0 saturated carbocycles. The third-order valence-corrected chi connectivity index (χ3v) is 5.97. The highest BCUT2D eigenvalue weighted by Gasteiger charge is 2.38. The zero-order chi connectivity index (χ0) is 14.0. The quantitative estimate of drug-likeness (QED) is 0.868. The Bertz CT molecular complexity index is 587. The summed E-state index contributed by atoms with van der Waals surface area (Å²) in [5.74, 6) is 1.30. The van der Waals surface area contributed by atoms with Gasteiger partial charge in [0.1, 0.15) is 0 Å². The highest BCUT2D eigenvalue weighted by Crippen LogP contribution is 2.46. The largest absolute Gasteiger partial charge is 0.309 e. The Hall–Kier alpha value is -0.990. The van der Waals surface area contributed by atoms with E-state index in [9.17, 15) is 0 Å². The van der Waals surface area contributed by atoms with Gasteiger partial charge < -0.3 is 5.32 Å². The summed E-state index contributed by atoms with van der Waals surface area (Å²) in [7, 11) is 0. The fraction of sp³-hybridized carbons (Fsp3) is 0.444. The van der Waals surface area contributed by atoms with Gasteiger partial charge in [0.25, 0.3) is 0 Å². The first-order chi connectivity index (χ1) is 9.73. The molecule has 1 saturated heterocycles. The summed E-state index contributed by atoms with van der Waals surface area (Å²) >= 11 is 2.13. The van der Waals surface area contributed by atoms with E-state index in [0.29, 0.717) is 10.8 Å². The molecule has 20 heavy (non-hydrogen) atoms. The molecule has 2 atom stereocenters. The Balaban J connectivity index is 2.00. The zero-order valence-electron chi connectivity index (χ0n) is 12.4. The molecular formula is C18H23NS. The second-order valence-corrected chi connectivity index (χ2v) is 7.49. The van der Waals surface area contributed by atoms with Gasteiger partial charge >= 0.3 is 0 Å². The predicted octanol–water partition coefficient (Wildman–Crippen LogP) is 4.78. The van der Waals surface area contributed by atoms with Gasteiger partial charge in [-0.3, -0.25) is 0 Å². The Morgan fingerprint density at radius 2 is 2.00 bits per heavy atom. The average Bonchev–Trinajstić information content (AvgIpc) is 2.92. The van der Waals surface area contributed by atoms with E-state index in [1.807, 2.05) is 0 Å². The van der Waals surface area contributed by atoms with E-state index in [2.05, 4.69) is 73.4 Å². The van der Waals surface area contributed by atoms with Gasteiger partial charge in [-0.2, -0.15) is 11.8 Å². The van der Waals surface area contributed by atoms with Crippen molar-refractivity contribution in [2.24, 2.45) is 0 Å². The van der Waals surface area contributed by atoms with Crippen LogP contribution in [-0.4, -0.2) is 17.0 Å². The molecule has 1 aliphatic rings. The molecule has 1 fully saturated rings. The topological polar surface area (TPSA) is 12.0 Å². The Morgan fingerprint density at radius 1 is 1.20 bits per heavy atom. The van der Waals surface area contributed by atoms with Crippen molar-refractivity contribution in [1.29, 1.82) is 0 Å². The Morgan fingerprint density at radius 3 is 2.70 bits per heavy atom. The van der Waals surface area contributed by atoms with E-state index in [1.165, 1.54) is 34.9 Å². The van der Waals surface area contributed by atoms with Crippen LogP contribution >= 0.6 is 11.8 Å². The van der Waals surface area contributed by atoms with Gasteiger partial charge in [-0.15, -0.1) is 0 Å². The number of benzene rings is 2. The van der Waals surface area contributed by atoms with Gasteiger partial charge in [0.15, 0.2) is 0 Å². The van der Waals surface area contributed by atoms with Crippen molar-refractivity contribution in [1.82, 2.24) is 5.32 Å². The summed E-state index contributed by atoms with van der Waals surface area (Å²) in [6.07, 6.45) is 2.65. The van der Waals surface area contributed by atoms with Crippen LogP contribution in [0.3, 0.4) is 0 Å². The van der Waals surface area contributed by atoms with Crippen LogP contribution in [0.15, 0.2) is 42.5 Å². The summed E-state index contributed by atoms with van der Waals surface area (Å²) in [4.78, 5) is 0. The van der Waals surface area contributed by atoms with Crippen molar-refractivity contribution in [3.8, 4) is 0 Å². The lowest BCUT2D eigenvalue weighted by Crippen LogP contribution is -2.37. The summed E-state index contributed by atoms with van der Waals surface area (Å²) in [6.45, 7) is 5.65. The average molecular weight is 285 g/mol. The minimum absolute atomic E-state index is 0.332. The molecule has 2 aromatic carbocycles. The van der Waals surface area contributed by atoms with Crippen LogP contribution in [0, 0.1) is 0 Å². The first-order valence-electron chi connectivity index (χ1n) is 7.59. The second-order valence-electron chi connectivity index (χ2n) is 5.86. The van der Waals surface area contributed by atoms with Gasteiger partial charge in [0.2, 0.25) is 0 Å². The van der Waals surface area contributed by atoms with E-state index in [1.54, 1.807) is 0 Å². The molecule has 0 radical (unpaired) electrons. The number of hydrogen-bond donors (Lipinski definition) is 1. The molecule has 2 unspecified atom stereocenters. The number of rotatable bonds is 4. The molecule has 3 rings (SSSR count). The van der Waals surface area contributed by atoms with E-state index < -0.39 is 0 Å². The highest BCUT2D eigenvalue weighted by molar-refractivity contribution is 8.00. The van der Waals surface area contributed by atoms with Crippen LogP contribution in [0.5, 0.6) is 0 Å². The summed E-state index contributed by atoms with van der Waals surface area (Å²) in [6, 6.07) is 16.0. The van der Waals surface area contributed by atoms with Gasteiger partial charge in [0, 0.05) is 10.8 Å². The van der Waals surface area contributed by atoms with Crippen molar-refractivity contribution >= 4 is 22.5 Å². The van der Waals surface area contributed by atoms with Crippen LogP contribution < -0.4 is 5.32 Å². The zero-order valence-corrected chi connectivity index (χ0v) is 13.2. The molecule has 1 N–H and O–H groups in total. The van der Waals surface area contributed by atoms with Crippen molar-refractivity contribution < 1.29 is 0 Å². The minimum Gasteiger partial charge on any atom is -0.309 e. The highest BCUT2D eigenvalue weighted by atomic mass is 32.2. The van der Waals surface area contributed by atoms with Crippen LogP contribution in [0.4, 0.5) is 0 Å². The minimum atomic E-state index is 0.332. The molecule has 0 bridgehead atoms. The Labute approximate surface area is 126 Å². The molecule has 0 spiro atoms. The SMILES string of the molecule is CCNC(c1ccc2ccccc2c1)C1(C)CCCS1. The molecule has 1 aliphatic heterocycles. The predicted molar refractivity (Wildman–Crippen MR) is 90.5 cm³/mol. The number of fused-ring (bicyclic) bond motifs is 1. The lowest BCUT2D eigenvalue weighted by Gasteiger charge is -2.34. The molecule has 2 aromatic rings. The molecule has 1 heterocycles. The molecule has 0 aromatic heterocycles. The van der Waals surface area contributed by atoms with Crippen LogP contribution in [0.1, 0.15) is 38.3 Å². The fourth-order valence-electron chi connectivity index (χ4n) is 3.31. The van der Waals surface area contributed by atoms with E-state index in [-0.39, 0.29) is 0 Å². The molecule has 1 nitrogen and oxygen atoms in total. The van der Waals surface area contributed by atoms with Crippen LogP contribution in [0.25, 0.3) is 10.8 Å². The van der Waals surface area contributed by atoms with Crippen molar-refractivity contribution in [2.45, 2.75) is 37.5 Å². The lowest BCUT2D eigenvalue weighted by molar-refractivity contribution is 0.422. The first-order valence-corrected chi connectivity index (χ1v) is 8.57. The van der Waals surface area contributed by atoms with Gasteiger partial charge in [0.05, 0.1) is 0 Å². The summed E-state index contributed by atoms with van der Waals surface area (Å²) < 4.78 is 0.332. The van der Waals surface area contributed by atoms with E-state index in [4.69, 9.17) is 0 Å². The van der Waals surface area contributed by atoms with Crippen molar-refractivity contribution in [3.05, 3.63) is 48.0 Å². The van der Waals surface area contributed by atoms with Crippen LogP contribution in [0.2, 0.25) is 0 Å². The lowest BCUT2D eigenvalue weighted by atomic mass is 9.89. The summed E-state index contributed by atoms with van der Waals surface area (Å²) in [5, 5.41) is 6.40. The van der Waals surface area contributed by atoms with Crippen molar-refractivity contribution in [2.75, 3.05) is 12.3 Å². The third kappa shape index (κ3) is 2.59. The maximum Gasteiger partial charge on any atom is 0.0466 e. The second kappa shape index (κ2) is 5.79. The van der Waals surface area contributed by atoms with E-state index >= 15 is 0 Å². The van der Waals surface area contributed by atoms with Gasteiger partial charge in [-0.1, -0.05) is 43.3 Å². The molecular weight excluding hydrogens is 262 g/mol. The van der Waals surface area contributed by atoms with E-state index in [0.717, 1.165) is 6.54 Å². The fourth-order valence-corrected chi connectivity index (χ4v) is 4.74. The normalized spacial score (nSPS) is 24.1. The molecule has 2 heteroatoms. The smallest absolute Gasteiger partial charge is 0.0466 e. The number of nitrogens with one attached hydrogen (secondary N) is 1. The van der Waals surface area contributed by atoms with Gasteiger partial charge in [-0.05, 0) is 54.5 Å². The monoisotopic (exact) mass is 285 g/mol. The molecule has 0 amide bonds. The Kier molecular flexibility index (Phi) is 4.04. The first kappa shape index (κ1) is 14.0. The molecule has 106 valence electrons. The maximum absolute atomic E-state index is 3.73. The number of thioether (sulfide) groups is 1. The van der Waals surface area contributed by atoms with Crippen LogP contribution in [-0.2, 0) is 0 Å². The maximum atomic E-state index is 3.73.